The maximum atomic E-state index is 13.9. The summed E-state index contributed by atoms with van der Waals surface area (Å²) in [5, 5.41) is 29.5. The summed E-state index contributed by atoms with van der Waals surface area (Å²) in [5.41, 5.74) is 10.2. The average molecular weight is 592 g/mol. The van der Waals surface area contributed by atoms with Crippen molar-refractivity contribution in [3.8, 4) is 12.1 Å². The molecule has 3 aliphatic rings. The van der Waals surface area contributed by atoms with Gasteiger partial charge in [-0.1, -0.05) is 54.1 Å². The van der Waals surface area contributed by atoms with Gasteiger partial charge in [0.2, 0.25) is 0 Å². The van der Waals surface area contributed by atoms with Crippen LogP contribution >= 0.6 is 11.6 Å². The second-order valence-corrected chi connectivity index (χ2v) is 11.5. The summed E-state index contributed by atoms with van der Waals surface area (Å²) in [7, 11) is 0. The molecule has 1 unspecified atom stereocenters. The number of benzene rings is 3. The lowest BCUT2D eigenvalue weighted by Gasteiger charge is -2.24. The number of hydrazine groups is 2. The molecule has 0 amide bonds. The third kappa shape index (κ3) is 5.41. The normalized spacial score (nSPS) is 21.4. The molecular weight excluding hydrogens is 563 g/mol. The zero-order valence-corrected chi connectivity index (χ0v) is 23.7. The molecule has 4 atom stereocenters. The van der Waals surface area contributed by atoms with Crippen LogP contribution in [0.2, 0.25) is 5.02 Å². The minimum atomic E-state index is -1.56. The van der Waals surface area contributed by atoms with Crippen molar-refractivity contribution in [2.45, 2.75) is 37.4 Å². The number of halogens is 2. The van der Waals surface area contributed by atoms with Gasteiger partial charge in [-0.05, 0) is 54.7 Å². The van der Waals surface area contributed by atoms with E-state index in [-0.39, 0.29) is 17.9 Å². The Bertz CT molecular complexity index is 1850. The Morgan fingerprint density at radius 3 is 2.56 bits per heavy atom. The number of fused-ring (bicyclic) bond motifs is 1. The van der Waals surface area contributed by atoms with Crippen LogP contribution in [-0.2, 0) is 0 Å². The van der Waals surface area contributed by atoms with E-state index in [1.54, 1.807) is 18.2 Å². The molecule has 1 aromatic heterocycles. The van der Waals surface area contributed by atoms with E-state index in [0.717, 1.165) is 24.8 Å². The fraction of sp³-hybridized carbons (Fsp3) is 0.242. The summed E-state index contributed by atoms with van der Waals surface area (Å²) in [6, 6.07) is 22.4. The van der Waals surface area contributed by atoms with Crippen molar-refractivity contribution < 1.29 is 5.76 Å². The van der Waals surface area contributed by atoms with Crippen LogP contribution in [0.3, 0.4) is 0 Å². The van der Waals surface area contributed by atoms with Crippen LogP contribution in [0, 0.1) is 40.3 Å². The number of nitrogens with one attached hydrogen (secondary N) is 4. The van der Waals surface area contributed by atoms with Crippen LogP contribution < -0.4 is 21.6 Å². The standard InChI is InChI=1S/C33H28ClFN8/c34-28-14-24(39-32(20-6-8-23(35)9-7-20)29-18-43(42-41-29)25-10-11-25)13-27-31(22(16-37)17-38-33(27)28)40-30(26-12-21(26)15-36)19-4-2-1-3-5-19/h1-9,13-14,17-18,21,25-26,30,32,39,41-42H,10-12H2,(H,38,40)/t21-,26+,30+,32?/m1/s1/i32D. The quantitative estimate of drug-likeness (QED) is 0.170. The smallest absolute Gasteiger partial charge is 0.123 e. The fourth-order valence-electron chi connectivity index (χ4n) is 5.62. The summed E-state index contributed by atoms with van der Waals surface area (Å²) in [4.78, 5) is 4.50. The molecule has 2 heterocycles. The summed E-state index contributed by atoms with van der Waals surface area (Å²) in [6.07, 6.45) is 6.22. The molecule has 1 aliphatic heterocycles. The second-order valence-electron chi connectivity index (χ2n) is 11.1. The Kier molecular flexibility index (Phi) is 6.68. The molecule has 43 heavy (non-hydrogen) atoms. The average Bonchev–Trinajstić information content (AvgIpc) is 3.98. The summed E-state index contributed by atoms with van der Waals surface area (Å²) in [6.45, 7) is 0. The minimum absolute atomic E-state index is 0.0793. The Balaban J connectivity index is 1.32. The molecule has 0 spiro atoms. The van der Waals surface area contributed by atoms with E-state index in [4.69, 9.17) is 11.6 Å². The molecule has 8 nitrogen and oxygen atoms in total. The van der Waals surface area contributed by atoms with Gasteiger partial charge in [-0.3, -0.25) is 9.99 Å². The lowest BCUT2D eigenvalue weighted by atomic mass is 9.99. The van der Waals surface area contributed by atoms with E-state index in [0.29, 0.717) is 50.2 Å². The fourth-order valence-corrected chi connectivity index (χ4v) is 5.89. The number of hydrogen-bond acceptors (Lipinski definition) is 8. The maximum absolute atomic E-state index is 13.9. The van der Waals surface area contributed by atoms with Gasteiger partial charge < -0.3 is 16.1 Å². The minimum Gasteiger partial charge on any atom is -0.376 e. The molecule has 10 heteroatoms. The molecule has 0 saturated heterocycles. The van der Waals surface area contributed by atoms with Crippen molar-refractivity contribution in [3.05, 3.63) is 112 Å². The monoisotopic (exact) mass is 591 g/mol. The van der Waals surface area contributed by atoms with E-state index in [9.17, 15) is 16.3 Å². The Labute approximate surface area is 255 Å². The molecule has 2 aliphatic carbocycles. The van der Waals surface area contributed by atoms with Gasteiger partial charge in [0, 0.05) is 35.4 Å². The highest BCUT2D eigenvalue weighted by atomic mass is 35.5. The Morgan fingerprint density at radius 2 is 1.86 bits per heavy atom. The number of nitrogens with zero attached hydrogens (tertiary/aromatic N) is 4. The number of pyridine rings is 1. The first kappa shape index (κ1) is 25.8. The van der Waals surface area contributed by atoms with Crippen molar-refractivity contribution >= 4 is 33.9 Å². The van der Waals surface area contributed by atoms with Gasteiger partial charge in [-0.2, -0.15) is 10.5 Å². The largest absolute Gasteiger partial charge is 0.376 e. The van der Waals surface area contributed by atoms with Crippen LogP contribution in [0.25, 0.3) is 10.9 Å². The number of nitriles is 2. The van der Waals surface area contributed by atoms with Gasteiger partial charge >= 0.3 is 0 Å². The highest BCUT2D eigenvalue weighted by molar-refractivity contribution is 6.35. The van der Waals surface area contributed by atoms with Gasteiger partial charge in [0.25, 0.3) is 0 Å². The predicted molar refractivity (Wildman–Crippen MR) is 163 cm³/mol. The number of aromatic nitrogens is 1. The highest BCUT2D eigenvalue weighted by Crippen LogP contribution is 2.49. The molecule has 4 aromatic rings. The molecule has 4 N–H and O–H groups in total. The van der Waals surface area contributed by atoms with Crippen LogP contribution in [0.1, 0.15) is 49.4 Å². The lowest BCUT2D eigenvalue weighted by molar-refractivity contribution is 0.260. The molecule has 2 saturated carbocycles. The first-order valence-electron chi connectivity index (χ1n) is 14.7. The topological polar surface area (TPSA) is 112 Å². The zero-order chi connectivity index (χ0) is 30.4. The Morgan fingerprint density at radius 1 is 1.07 bits per heavy atom. The van der Waals surface area contributed by atoms with E-state index in [1.807, 2.05) is 47.6 Å². The molecular formula is C33H28ClFN8. The zero-order valence-electron chi connectivity index (χ0n) is 24.0. The highest BCUT2D eigenvalue weighted by Gasteiger charge is 2.44. The van der Waals surface area contributed by atoms with Crippen molar-refractivity contribution in [3.63, 3.8) is 0 Å². The number of rotatable bonds is 9. The van der Waals surface area contributed by atoms with E-state index in [1.165, 1.54) is 18.3 Å². The van der Waals surface area contributed by atoms with Crippen LogP contribution in [0.15, 0.2) is 84.8 Å². The molecule has 2 fully saturated rings. The molecule has 7 rings (SSSR count). The molecule has 0 bridgehead atoms. The number of anilines is 2. The van der Waals surface area contributed by atoms with Gasteiger partial charge in [-0.15, -0.1) is 5.53 Å². The number of hydrogen-bond donors (Lipinski definition) is 4. The van der Waals surface area contributed by atoms with Crippen molar-refractivity contribution in [2.24, 2.45) is 11.8 Å². The summed E-state index contributed by atoms with van der Waals surface area (Å²) < 4.78 is 23.6. The predicted octanol–water partition coefficient (Wildman–Crippen LogP) is 6.69. The van der Waals surface area contributed by atoms with Gasteiger partial charge in [-0.25, -0.2) is 4.39 Å². The van der Waals surface area contributed by atoms with E-state index >= 15 is 0 Å². The van der Waals surface area contributed by atoms with E-state index in [2.05, 4.69) is 38.7 Å². The maximum Gasteiger partial charge on any atom is 0.123 e. The third-order valence-electron chi connectivity index (χ3n) is 8.14. The van der Waals surface area contributed by atoms with E-state index < -0.39 is 11.8 Å². The first-order chi connectivity index (χ1) is 21.4. The van der Waals surface area contributed by atoms with Crippen LogP contribution in [0.4, 0.5) is 15.8 Å². The summed E-state index contributed by atoms with van der Waals surface area (Å²) >= 11 is 6.81. The van der Waals surface area contributed by atoms with Crippen molar-refractivity contribution in [1.29, 1.82) is 10.5 Å². The molecule has 3 aromatic carbocycles. The van der Waals surface area contributed by atoms with Crippen LogP contribution in [-0.4, -0.2) is 16.0 Å². The van der Waals surface area contributed by atoms with Crippen molar-refractivity contribution in [2.75, 3.05) is 10.6 Å². The summed E-state index contributed by atoms with van der Waals surface area (Å²) in [5.74, 6) is -0.401. The first-order valence-corrected chi connectivity index (χ1v) is 14.6. The van der Waals surface area contributed by atoms with Gasteiger partial charge in [0.1, 0.15) is 11.9 Å². The SMILES string of the molecule is [2H]C(Nc1cc(Cl)c2ncc(C#N)c(N[C@@H](c3ccccc3)[C@H]3C[C@@H]3C#N)c2c1)(C1=CN(C2CC2)NN1)c1ccc(F)cc1. The molecule has 214 valence electrons. The molecule has 0 radical (unpaired) electrons. The second kappa shape index (κ2) is 11.1. The van der Waals surface area contributed by atoms with Crippen LogP contribution in [0.5, 0.6) is 0 Å². The van der Waals surface area contributed by atoms with Crippen molar-refractivity contribution in [1.82, 2.24) is 21.0 Å². The van der Waals surface area contributed by atoms with Gasteiger partial charge in [0.05, 0.1) is 52.9 Å². The lowest BCUT2D eigenvalue weighted by Crippen LogP contribution is -2.38. The van der Waals surface area contributed by atoms with Gasteiger partial charge in [0.15, 0.2) is 0 Å². The Hall–Kier alpha value is -4.83. The third-order valence-corrected chi connectivity index (χ3v) is 8.43.